The van der Waals surface area contributed by atoms with Crippen LogP contribution in [0.1, 0.15) is 0 Å². The minimum absolute atomic E-state index is 0.0586. The molecule has 0 aromatic heterocycles. The molecule has 0 unspecified atom stereocenters. The van der Waals surface area contributed by atoms with Gasteiger partial charge in [0.05, 0.1) is 5.30 Å². The molecule has 1 aliphatic heterocycles. The third kappa shape index (κ3) is 1.54. The van der Waals surface area contributed by atoms with E-state index in [2.05, 4.69) is 0 Å². The lowest BCUT2D eigenvalue weighted by atomic mass is 10.3. The standard InChI is InChI=1S/C7H7O5P/c8-13(9,10)5-1-2-6-7(3-5)12-4-11-6/h1-3H,4H2,(H2,8,9,10). The molecule has 5 nitrogen and oxygen atoms in total. The second-order valence-corrected chi connectivity index (χ2v) is 4.19. The van der Waals surface area contributed by atoms with Crippen molar-refractivity contribution in [2.24, 2.45) is 0 Å². The van der Waals surface area contributed by atoms with E-state index >= 15 is 0 Å². The Morgan fingerprint density at radius 2 is 1.92 bits per heavy atom. The molecule has 1 heterocycles. The summed E-state index contributed by atoms with van der Waals surface area (Å²) in [5, 5.41) is -0.0586. The van der Waals surface area contributed by atoms with Crippen LogP contribution in [0.5, 0.6) is 11.5 Å². The molecular formula is C7H7O5P. The summed E-state index contributed by atoms with van der Waals surface area (Å²) in [6.07, 6.45) is 0. The van der Waals surface area contributed by atoms with Crippen LogP contribution in [0.15, 0.2) is 18.2 Å². The van der Waals surface area contributed by atoms with Crippen molar-refractivity contribution in [3.63, 3.8) is 0 Å². The number of hydrogen-bond donors (Lipinski definition) is 2. The number of fused-ring (bicyclic) bond motifs is 1. The third-order valence-electron chi connectivity index (χ3n) is 1.69. The summed E-state index contributed by atoms with van der Waals surface area (Å²) >= 11 is 0. The number of hydrogen-bond acceptors (Lipinski definition) is 3. The first-order valence-corrected chi connectivity index (χ1v) is 5.14. The molecule has 1 aliphatic rings. The molecule has 13 heavy (non-hydrogen) atoms. The lowest BCUT2D eigenvalue weighted by Crippen LogP contribution is -2.02. The Morgan fingerprint density at radius 1 is 1.23 bits per heavy atom. The second kappa shape index (κ2) is 2.73. The Kier molecular flexibility index (Phi) is 1.80. The quantitative estimate of drug-likeness (QED) is 0.637. The monoisotopic (exact) mass is 202 g/mol. The third-order valence-corrected chi connectivity index (χ3v) is 2.64. The van der Waals surface area contributed by atoms with Crippen LogP contribution in [0, 0.1) is 0 Å². The summed E-state index contributed by atoms with van der Waals surface area (Å²) in [5.41, 5.74) is 0. The van der Waals surface area contributed by atoms with Crippen LogP contribution in [-0.2, 0) is 4.57 Å². The minimum atomic E-state index is -4.19. The van der Waals surface area contributed by atoms with E-state index in [1.165, 1.54) is 18.2 Å². The van der Waals surface area contributed by atoms with Crippen LogP contribution in [-0.4, -0.2) is 16.6 Å². The molecule has 0 fully saturated rings. The SMILES string of the molecule is O=P(O)(O)c1ccc2c(c1)OCO2. The molecule has 0 radical (unpaired) electrons. The first-order chi connectivity index (χ1) is 6.07. The highest BCUT2D eigenvalue weighted by atomic mass is 31.2. The van der Waals surface area contributed by atoms with Gasteiger partial charge in [-0.1, -0.05) is 0 Å². The summed E-state index contributed by atoms with van der Waals surface area (Å²) < 4.78 is 20.8. The van der Waals surface area contributed by atoms with Gasteiger partial charge in [0.2, 0.25) is 6.79 Å². The Balaban J connectivity index is 2.48. The van der Waals surface area contributed by atoms with Crippen molar-refractivity contribution < 1.29 is 23.8 Å². The Morgan fingerprint density at radius 3 is 2.62 bits per heavy atom. The molecule has 1 aromatic rings. The fourth-order valence-corrected chi connectivity index (χ4v) is 1.62. The van der Waals surface area contributed by atoms with Gasteiger partial charge in [-0.25, -0.2) is 0 Å². The lowest BCUT2D eigenvalue weighted by Gasteiger charge is -2.03. The van der Waals surface area contributed by atoms with Crippen LogP contribution in [0.2, 0.25) is 0 Å². The zero-order chi connectivity index (χ0) is 9.47. The Bertz CT molecular complexity index is 382. The predicted molar refractivity (Wildman–Crippen MR) is 44.2 cm³/mol. The Hall–Kier alpha value is -1.03. The van der Waals surface area contributed by atoms with Crippen LogP contribution in [0.25, 0.3) is 0 Å². The molecule has 0 bridgehead atoms. The van der Waals surface area contributed by atoms with Crippen LogP contribution >= 0.6 is 7.60 Å². The molecule has 0 atom stereocenters. The zero-order valence-electron chi connectivity index (χ0n) is 6.51. The van der Waals surface area contributed by atoms with E-state index < -0.39 is 7.60 Å². The molecule has 2 N–H and O–H groups in total. The van der Waals surface area contributed by atoms with Gasteiger partial charge >= 0.3 is 7.60 Å². The zero-order valence-corrected chi connectivity index (χ0v) is 7.40. The van der Waals surface area contributed by atoms with Crippen molar-refractivity contribution in [2.45, 2.75) is 0 Å². The van der Waals surface area contributed by atoms with Gasteiger partial charge in [-0.3, -0.25) is 4.57 Å². The highest BCUT2D eigenvalue weighted by molar-refractivity contribution is 7.60. The molecule has 0 aliphatic carbocycles. The van der Waals surface area contributed by atoms with Crippen LogP contribution in [0.4, 0.5) is 0 Å². The van der Waals surface area contributed by atoms with E-state index in [1.807, 2.05) is 0 Å². The fourth-order valence-electron chi connectivity index (χ4n) is 1.07. The number of ether oxygens (including phenoxy) is 2. The average Bonchev–Trinajstić information content (AvgIpc) is 2.47. The van der Waals surface area contributed by atoms with E-state index in [1.54, 1.807) is 0 Å². The first-order valence-electron chi connectivity index (χ1n) is 3.53. The van der Waals surface area contributed by atoms with E-state index in [9.17, 15) is 4.57 Å². The number of benzene rings is 1. The molecule has 6 heteroatoms. The molecule has 0 amide bonds. The fraction of sp³-hybridized carbons (Fsp3) is 0.143. The lowest BCUT2D eigenvalue weighted by molar-refractivity contribution is 0.174. The van der Waals surface area contributed by atoms with Gasteiger partial charge in [-0.15, -0.1) is 0 Å². The summed E-state index contributed by atoms with van der Waals surface area (Å²) in [7, 11) is -4.19. The molecule has 1 aromatic carbocycles. The van der Waals surface area contributed by atoms with Crippen molar-refractivity contribution in [3.05, 3.63) is 18.2 Å². The maximum absolute atomic E-state index is 10.8. The van der Waals surface area contributed by atoms with Gasteiger partial charge in [0, 0.05) is 0 Å². The molecule has 0 saturated carbocycles. The average molecular weight is 202 g/mol. The largest absolute Gasteiger partial charge is 0.454 e. The summed E-state index contributed by atoms with van der Waals surface area (Å²) in [6.45, 7) is 0.0972. The maximum atomic E-state index is 10.8. The smallest absolute Gasteiger partial charge is 0.356 e. The molecule has 0 saturated heterocycles. The highest BCUT2D eigenvalue weighted by Crippen LogP contribution is 2.38. The van der Waals surface area contributed by atoms with E-state index in [4.69, 9.17) is 19.3 Å². The second-order valence-electron chi connectivity index (χ2n) is 2.58. The first kappa shape index (κ1) is 8.56. The number of rotatable bonds is 1. The van der Waals surface area contributed by atoms with Crippen molar-refractivity contribution >= 4 is 12.9 Å². The maximum Gasteiger partial charge on any atom is 0.356 e. The van der Waals surface area contributed by atoms with Crippen LogP contribution in [0.3, 0.4) is 0 Å². The Labute approximate surface area is 74.1 Å². The van der Waals surface area contributed by atoms with Gasteiger partial charge in [-0.2, -0.15) is 0 Å². The summed E-state index contributed by atoms with van der Waals surface area (Å²) in [6, 6.07) is 4.11. The van der Waals surface area contributed by atoms with Gasteiger partial charge in [0.25, 0.3) is 0 Å². The molecule has 2 rings (SSSR count). The predicted octanol–water partition coefficient (Wildman–Crippen LogP) is 0.218. The highest BCUT2D eigenvalue weighted by Gasteiger charge is 2.21. The topological polar surface area (TPSA) is 76.0 Å². The van der Waals surface area contributed by atoms with E-state index in [-0.39, 0.29) is 12.1 Å². The normalized spacial score (nSPS) is 14.6. The van der Waals surface area contributed by atoms with Gasteiger partial charge in [0.1, 0.15) is 0 Å². The van der Waals surface area contributed by atoms with E-state index in [0.717, 1.165) is 0 Å². The molecule has 0 spiro atoms. The van der Waals surface area contributed by atoms with Gasteiger partial charge in [-0.05, 0) is 18.2 Å². The van der Waals surface area contributed by atoms with Crippen molar-refractivity contribution in [3.8, 4) is 11.5 Å². The minimum Gasteiger partial charge on any atom is -0.454 e. The van der Waals surface area contributed by atoms with E-state index in [0.29, 0.717) is 11.5 Å². The van der Waals surface area contributed by atoms with Crippen LogP contribution < -0.4 is 14.8 Å². The summed E-state index contributed by atoms with van der Waals surface area (Å²) in [5.74, 6) is 0.887. The molecule has 70 valence electrons. The van der Waals surface area contributed by atoms with Crippen molar-refractivity contribution in [2.75, 3.05) is 6.79 Å². The molecular weight excluding hydrogens is 195 g/mol. The van der Waals surface area contributed by atoms with Crippen molar-refractivity contribution in [1.29, 1.82) is 0 Å². The van der Waals surface area contributed by atoms with Gasteiger partial charge < -0.3 is 19.3 Å². The summed E-state index contributed by atoms with van der Waals surface area (Å²) in [4.78, 5) is 17.7. The van der Waals surface area contributed by atoms with Gasteiger partial charge in [0.15, 0.2) is 11.5 Å². The van der Waals surface area contributed by atoms with Crippen molar-refractivity contribution in [1.82, 2.24) is 0 Å².